The Bertz CT molecular complexity index is 931. The van der Waals surface area contributed by atoms with Gasteiger partial charge in [0, 0.05) is 0 Å². The Morgan fingerprint density at radius 2 is 1.90 bits per heavy atom. The Morgan fingerprint density at radius 3 is 2.52 bits per heavy atom. The standard InChI is InChI=1S/C19H24N6O4S.ClH/c1-3-29-15(27)9-13(12-7-5-4-6-8-12)24-14(26)10-22-17(28)16-11(2)23-19(30-16)25-18(20)21;/h4-8,13H,3,9-10H2,1-2H3,(H,22,28)(H,24,26)(H4,20,21,23,25);1H. The fourth-order valence-electron chi connectivity index (χ4n) is 2.56. The number of halogens is 1. The topological polar surface area (TPSA) is 162 Å². The molecule has 2 amide bonds. The van der Waals surface area contributed by atoms with Gasteiger partial charge in [-0.15, -0.1) is 12.4 Å². The number of carbonyl (C=O) groups excluding carboxylic acids is 3. The van der Waals surface area contributed by atoms with E-state index in [9.17, 15) is 14.4 Å². The summed E-state index contributed by atoms with van der Waals surface area (Å²) in [5.41, 5.74) is 11.8. The Kier molecular flexibility index (Phi) is 10.4. The summed E-state index contributed by atoms with van der Waals surface area (Å²) >= 11 is 1.01. The maximum Gasteiger partial charge on any atom is 0.308 e. The summed E-state index contributed by atoms with van der Waals surface area (Å²) in [6.07, 6.45) is -0.0205. The van der Waals surface area contributed by atoms with Gasteiger partial charge >= 0.3 is 5.97 Å². The Hall–Kier alpha value is -3.18. The second kappa shape index (κ2) is 12.5. The van der Waals surface area contributed by atoms with Crippen molar-refractivity contribution in [2.45, 2.75) is 26.3 Å². The molecule has 168 valence electrons. The number of esters is 1. The highest BCUT2D eigenvalue weighted by Gasteiger charge is 2.20. The SMILES string of the molecule is CCOC(=O)CC(NC(=O)CNC(=O)c1sc(N=C(N)N)nc1C)c1ccccc1.Cl. The van der Waals surface area contributed by atoms with Gasteiger partial charge in [-0.2, -0.15) is 4.99 Å². The summed E-state index contributed by atoms with van der Waals surface area (Å²) in [6.45, 7) is 3.33. The number of aromatic nitrogens is 1. The van der Waals surface area contributed by atoms with E-state index in [4.69, 9.17) is 16.2 Å². The number of ether oxygens (including phenoxy) is 1. The highest BCUT2D eigenvalue weighted by atomic mass is 35.5. The van der Waals surface area contributed by atoms with E-state index < -0.39 is 23.8 Å². The second-order valence-electron chi connectivity index (χ2n) is 6.17. The van der Waals surface area contributed by atoms with Crippen LogP contribution >= 0.6 is 23.7 Å². The van der Waals surface area contributed by atoms with Crippen molar-refractivity contribution < 1.29 is 19.1 Å². The van der Waals surface area contributed by atoms with Crippen LogP contribution < -0.4 is 22.1 Å². The molecule has 0 fully saturated rings. The van der Waals surface area contributed by atoms with Crippen molar-refractivity contribution in [3.8, 4) is 0 Å². The normalized spacial score (nSPS) is 10.9. The minimum Gasteiger partial charge on any atom is -0.466 e. The minimum absolute atomic E-state index is 0. The van der Waals surface area contributed by atoms with Gasteiger partial charge in [0.2, 0.25) is 11.0 Å². The first-order valence-corrected chi connectivity index (χ1v) is 9.97. The number of carbonyl (C=O) groups is 3. The molecule has 6 N–H and O–H groups in total. The van der Waals surface area contributed by atoms with Crippen molar-refractivity contribution in [3.05, 3.63) is 46.5 Å². The highest BCUT2D eigenvalue weighted by molar-refractivity contribution is 7.17. The molecule has 0 saturated carbocycles. The molecule has 0 aliphatic carbocycles. The van der Waals surface area contributed by atoms with Gasteiger partial charge in [0.25, 0.3) is 5.91 Å². The second-order valence-corrected chi connectivity index (χ2v) is 7.15. The fourth-order valence-corrected chi connectivity index (χ4v) is 3.44. The zero-order valence-corrected chi connectivity index (χ0v) is 18.7. The van der Waals surface area contributed by atoms with Crippen LogP contribution in [0.3, 0.4) is 0 Å². The zero-order chi connectivity index (χ0) is 22.1. The van der Waals surface area contributed by atoms with Crippen LogP contribution in [0.2, 0.25) is 0 Å². The predicted octanol–water partition coefficient (Wildman–Crippen LogP) is 1.32. The van der Waals surface area contributed by atoms with Crippen LogP contribution in [0.25, 0.3) is 0 Å². The number of hydrogen-bond donors (Lipinski definition) is 4. The first kappa shape index (κ1) is 25.9. The summed E-state index contributed by atoms with van der Waals surface area (Å²) in [6, 6.07) is 8.47. The number of guanidine groups is 1. The molecule has 1 heterocycles. The van der Waals surface area contributed by atoms with Gasteiger partial charge < -0.3 is 26.8 Å². The van der Waals surface area contributed by atoms with Gasteiger partial charge in [-0.05, 0) is 19.4 Å². The van der Waals surface area contributed by atoms with E-state index in [1.807, 2.05) is 18.2 Å². The molecule has 10 nitrogen and oxygen atoms in total. The third-order valence-corrected chi connectivity index (χ3v) is 4.89. The Balaban J connectivity index is 0.00000480. The number of rotatable bonds is 9. The lowest BCUT2D eigenvalue weighted by Gasteiger charge is -2.18. The molecule has 2 aromatic rings. The summed E-state index contributed by atoms with van der Waals surface area (Å²) in [5, 5.41) is 5.54. The lowest BCUT2D eigenvalue weighted by molar-refractivity contribution is -0.143. The van der Waals surface area contributed by atoms with E-state index in [1.54, 1.807) is 26.0 Å². The lowest BCUT2D eigenvalue weighted by Crippen LogP contribution is -2.39. The number of hydrogen-bond acceptors (Lipinski definition) is 7. The zero-order valence-electron chi connectivity index (χ0n) is 17.1. The number of amides is 2. The maximum absolute atomic E-state index is 12.4. The predicted molar refractivity (Wildman–Crippen MR) is 120 cm³/mol. The lowest BCUT2D eigenvalue weighted by atomic mass is 10.0. The van der Waals surface area contributed by atoms with Crippen molar-refractivity contribution >= 4 is 52.6 Å². The number of nitrogens with one attached hydrogen (secondary N) is 2. The number of aliphatic imine (C=N–C) groups is 1. The fraction of sp³-hybridized carbons (Fsp3) is 0.316. The van der Waals surface area contributed by atoms with Crippen LogP contribution in [0, 0.1) is 6.92 Å². The molecule has 12 heteroatoms. The third kappa shape index (κ3) is 8.22. The van der Waals surface area contributed by atoms with E-state index in [1.165, 1.54) is 0 Å². The quantitative estimate of drug-likeness (QED) is 0.245. The van der Waals surface area contributed by atoms with E-state index in [2.05, 4.69) is 20.6 Å². The molecular formula is C19H25ClN6O4S. The van der Waals surface area contributed by atoms with Gasteiger partial charge in [0.15, 0.2) is 5.96 Å². The Morgan fingerprint density at radius 1 is 1.23 bits per heavy atom. The van der Waals surface area contributed by atoms with E-state index in [0.717, 1.165) is 16.9 Å². The number of nitrogens with zero attached hydrogens (tertiary/aromatic N) is 2. The minimum atomic E-state index is -0.576. The van der Waals surface area contributed by atoms with Crippen LogP contribution in [-0.2, 0) is 14.3 Å². The van der Waals surface area contributed by atoms with Gasteiger partial charge in [-0.3, -0.25) is 14.4 Å². The molecule has 1 unspecified atom stereocenters. The molecule has 0 spiro atoms. The third-order valence-electron chi connectivity index (χ3n) is 3.84. The van der Waals surface area contributed by atoms with Crippen LogP contribution in [0.4, 0.5) is 5.13 Å². The van der Waals surface area contributed by atoms with E-state index >= 15 is 0 Å². The molecule has 2 rings (SSSR count). The number of aryl methyl sites for hydroxylation is 1. The summed E-state index contributed by atoms with van der Waals surface area (Å²) < 4.78 is 4.98. The van der Waals surface area contributed by atoms with Crippen LogP contribution in [-0.4, -0.2) is 41.9 Å². The molecule has 1 aromatic carbocycles. The van der Waals surface area contributed by atoms with Gasteiger partial charge in [-0.25, -0.2) is 4.98 Å². The van der Waals surface area contributed by atoms with Crippen LogP contribution in [0.1, 0.15) is 40.3 Å². The molecule has 0 saturated heterocycles. The maximum atomic E-state index is 12.4. The molecule has 0 aliphatic rings. The summed E-state index contributed by atoms with van der Waals surface area (Å²) in [5.74, 6) is -1.51. The largest absolute Gasteiger partial charge is 0.466 e. The van der Waals surface area contributed by atoms with E-state index in [0.29, 0.717) is 10.6 Å². The average molecular weight is 469 g/mol. The van der Waals surface area contributed by atoms with Crippen molar-refractivity contribution in [3.63, 3.8) is 0 Å². The molecule has 1 aromatic heterocycles. The van der Waals surface area contributed by atoms with Gasteiger partial charge in [0.05, 0.1) is 31.3 Å². The summed E-state index contributed by atoms with van der Waals surface area (Å²) in [4.78, 5) is 44.9. The monoisotopic (exact) mass is 468 g/mol. The average Bonchev–Trinajstić information content (AvgIpc) is 3.06. The smallest absolute Gasteiger partial charge is 0.308 e. The molecule has 0 aliphatic heterocycles. The molecule has 0 bridgehead atoms. The van der Waals surface area contributed by atoms with Crippen molar-refractivity contribution in [1.29, 1.82) is 0 Å². The molecular weight excluding hydrogens is 444 g/mol. The van der Waals surface area contributed by atoms with Crippen molar-refractivity contribution in [1.82, 2.24) is 15.6 Å². The molecule has 0 radical (unpaired) electrons. The van der Waals surface area contributed by atoms with Gasteiger partial charge in [-0.1, -0.05) is 41.7 Å². The number of thiazole rings is 1. The van der Waals surface area contributed by atoms with E-state index in [-0.39, 0.29) is 43.1 Å². The molecule has 31 heavy (non-hydrogen) atoms. The van der Waals surface area contributed by atoms with Crippen molar-refractivity contribution in [2.75, 3.05) is 13.2 Å². The van der Waals surface area contributed by atoms with Crippen molar-refractivity contribution in [2.24, 2.45) is 16.5 Å². The number of benzene rings is 1. The van der Waals surface area contributed by atoms with Crippen LogP contribution in [0.15, 0.2) is 35.3 Å². The van der Waals surface area contributed by atoms with Crippen LogP contribution in [0.5, 0.6) is 0 Å². The van der Waals surface area contributed by atoms with Gasteiger partial charge in [0.1, 0.15) is 4.88 Å². The molecule has 1 atom stereocenters. The summed E-state index contributed by atoms with van der Waals surface area (Å²) in [7, 11) is 0. The number of nitrogens with two attached hydrogens (primary N) is 2. The first-order valence-electron chi connectivity index (χ1n) is 9.15. The first-order chi connectivity index (χ1) is 14.3. The highest BCUT2D eigenvalue weighted by Crippen LogP contribution is 2.24. The Labute approximate surface area is 189 Å².